The number of hydrogen-bond acceptors (Lipinski definition) is 3. The lowest BCUT2D eigenvalue weighted by atomic mass is 9.97. The van der Waals surface area contributed by atoms with Crippen LogP contribution in [-0.4, -0.2) is 49.3 Å². The Hall–Kier alpha value is -0.610. The normalized spacial score (nSPS) is 23.2. The average Bonchev–Trinajstić information content (AvgIpc) is 2.35. The van der Waals surface area contributed by atoms with E-state index in [0.717, 1.165) is 25.8 Å². The summed E-state index contributed by atoms with van der Waals surface area (Å²) in [6, 6.07) is 0. The van der Waals surface area contributed by atoms with Crippen molar-refractivity contribution in [2.45, 2.75) is 26.2 Å². The summed E-state index contributed by atoms with van der Waals surface area (Å²) in [5, 5.41) is 9.11. The van der Waals surface area contributed by atoms with Gasteiger partial charge in [-0.05, 0) is 25.2 Å². The van der Waals surface area contributed by atoms with E-state index >= 15 is 0 Å². The van der Waals surface area contributed by atoms with Crippen LogP contribution in [0.4, 0.5) is 0 Å². The fraction of sp³-hybridized carbons (Fsp3) is 0.917. The molecule has 1 fully saturated rings. The molecule has 0 aliphatic carbocycles. The molecule has 94 valence electrons. The van der Waals surface area contributed by atoms with E-state index < -0.39 is 0 Å². The van der Waals surface area contributed by atoms with Crippen LogP contribution in [0.1, 0.15) is 26.2 Å². The number of methoxy groups -OCH3 is 1. The van der Waals surface area contributed by atoms with E-state index in [1.165, 1.54) is 0 Å². The Bertz CT molecular complexity index is 220. The van der Waals surface area contributed by atoms with Gasteiger partial charge >= 0.3 is 0 Å². The van der Waals surface area contributed by atoms with Crippen LogP contribution in [0.25, 0.3) is 0 Å². The minimum absolute atomic E-state index is 0.0254. The summed E-state index contributed by atoms with van der Waals surface area (Å²) in [4.78, 5) is 13.9. The zero-order valence-electron chi connectivity index (χ0n) is 10.3. The molecule has 0 radical (unpaired) electrons. The van der Waals surface area contributed by atoms with Gasteiger partial charge in [0, 0.05) is 39.3 Å². The number of nitrogens with zero attached hydrogens (tertiary/aromatic N) is 1. The van der Waals surface area contributed by atoms with Crippen molar-refractivity contribution in [2.75, 3.05) is 33.4 Å². The second kappa shape index (κ2) is 6.86. The Morgan fingerprint density at radius 3 is 3.00 bits per heavy atom. The zero-order chi connectivity index (χ0) is 12.0. The van der Waals surface area contributed by atoms with Crippen molar-refractivity contribution in [1.29, 1.82) is 0 Å². The zero-order valence-corrected chi connectivity index (χ0v) is 10.3. The van der Waals surface area contributed by atoms with Gasteiger partial charge in [-0.2, -0.15) is 0 Å². The second-order valence-corrected chi connectivity index (χ2v) is 4.66. The van der Waals surface area contributed by atoms with Crippen molar-refractivity contribution >= 4 is 5.91 Å². The number of ether oxygens (including phenoxy) is 1. The van der Waals surface area contributed by atoms with E-state index in [4.69, 9.17) is 9.84 Å². The van der Waals surface area contributed by atoms with Crippen LogP contribution >= 0.6 is 0 Å². The number of rotatable bonds is 5. The van der Waals surface area contributed by atoms with Gasteiger partial charge in [0.1, 0.15) is 0 Å². The van der Waals surface area contributed by atoms with E-state index in [1.807, 2.05) is 11.8 Å². The Morgan fingerprint density at radius 1 is 1.62 bits per heavy atom. The maximum atomic E-state index is 12.1. The third kappa shape index (κ3) is 3.76. The molecule has 1 aliphatic heterocycles. The molecule has 0 aromatic heterocycles. The van der Waals surface area contributed by atoms with Gasteiger partial charge < -0.3 is 14.7 Å². The van der Waals surface area contributed by atoms with Crippen molar-refractivity contribution in [1.82, 2.24) is 4.90 Å². The molecule has 4 heteroatoms. The van der Waals surface area contributed by atoms with Crippen molar-refractivity contribution in [2.24, 2.45) is 11.8 Å². The van der Waals surface area contributed by atoms with Gasteiger partial charge in [-0.3, -0.25) is 4.79 Å². The fourth-order valence-electron chi connectivity index (χ4n) is 2.14. The van der Waals surface area contributed by atoms with Gasteiger partial charge in [0.15, 0.2) is 0 Å². The Morgan fingerprint density at radius 2 is 2.38 bits per heavy atom. The number of aliphatic hydroxyl groups excluding tert-OH is 1. The van der Waals surface area contributed by atoms with Crippen LogP contribution in [0.15, 0.2) is 0 Å². The predicted molar refractivity (Wildman–Crippen MR) is 62.0 cm³/mol. The standard InChI is InChI=1S/C12H23NO3/c1-10(5-7-16-2)12(15)13-6-3-4-11(8-13)9-14/h10-11,14H,3-9H2,1-2H3. The summed E-state index contributed by atoms with van der Waals surface area (Å²) in [6.45, 7) is 4.32. The van der Waals surface area contributed by atoms with Gasteiger partial charge in [0.2, 0.25) is 5.91 Å². The lowest BCUT2D eigenvalue weighted by Gasteiger charge is -2.33. The van der Waals surface area contributed by atoms with Crippen LogP contribution in [0.5, 0.6) is 0 Å². The Kier molecular flexibility index (Phi) is 5.77. The van der Waals surface area contributed by atoms with Crippen molar-refractivity contribution in [3.8, 4) is 0 Å². The van der Waals surface area contributed by atoms with Crippen LogP contribution < -0.4 is 0 Å². The van der Waals surface area contributed by atoms with E-state index in [2.05, 4.69) is 0 Å². The van der Waals surface area contributed by atoms with Crippen LogP contribution in [-0.2, 0) is 9.53 Å². The van der Waals surface area contributed by atoms with E-state index in [1.54, 1.807) is 7.11 Å². The topological polar surface area (TPSA) is 49.8 Å². The van der Waals surface area contributed by atoms with Crippen LogP contribution in [0.3, 0.4) is 0 Å². The van der Waals surface area contributed by atoms with Crippen molar-refractivity contribution < 1.29 is 14.6 Å². The van der Waals surface area contributed by atoms with E-state index in [0.29, 0.717) is 13.2 Å². The number of carbonyl (C=O) groups excluding carboxylic acids is 1. The summed E-state index contributed by atoms with van der Waals surface area (Å²) >= 11 is 0. The molecular weight excluding hydrogens is 206 g/mol. The minimum atomic E-state index is 0.0254. The quantitative estimate of drug-likeness (QED) is 0.761. The first-order valence-electron chi connectivity index (χ1n) is 6.07. The lowest BCUT2D eigenvalue weighted by Crippen LogP contribution is -2.43. The third-order valence-corrected chi connectivity index (χ3v) is 3.27. The first-order valence-corrected chi connectivity index (χ1v) is 6.07. The highest BCUT2D eigenvalue weighted by Crippen LogP contribution is 2.18. The largest absolute Gasteiger partial charge is 0.396 e. The van der Waals surface area contributed by atoms with Crippen LogP contribution in [0.2, 0.25) is 0 Å². The number of amides is 1. The first-order chi connectivity index (χ1) is 7.69. The number of aliphatic hydroxyl groups is 1. The number of piperidine rings is 1. The maximum absolute atomic E-state index is 12.1. The molecule has 1 amide bonds. The molecule has 0 bridgehead atoms. The average molecular weight is 229 g/mol. The maximum Gasteiger partial charge on any atom is 0.225 e. The number of carbonyl (C=O) groups is 1. The molecule has 2 unspecified atom stereocenters. The van der Waals surface area contributed by atoms with Crippen molar-refractivity contribution in [3.63, 3.8) is 0 Å². The molecule has 1 aliphatic rings. The van der Waals surface area contributed by atoms with Crippen molar-refractivity contribution in [3.05, 3.63) is 0 Å². The lowest BCUT2D eigenvalue weighted by molar-refractivity contribution is -0.137. The van der Waals surface area contributed by atoms with E-state index in [-0.39, 0.29) is 24.3 Å². The molecule has 1 heterocycles. The van der Waals surface area contributed by atoms with Crippen LogP contribution in [0, 0.1) is 11.8 Å². The van der Waals surface area contributed by atoms with E-state index in [9.17, 15) is 4.79 Å². The molecule has 4 nitrogen and oxygen atoms in total. The molecule has 0 saturated carbocycles. The predicted octanol–water partition coefficient (Wildman–Crippen LogP) is 0.890. The van der Waals surface area contributed by atoms with Gasteiger partial charge in [-0.25, -0.2) is 0 Å². The third-order valence-electron chi connectivity index (χ3n) is 3.27. The first kappa shape index (κ1) is 13.5. The summed E-state index contributed by atoms with van der Waals surface area (Å²) in [5.41, 5.74) is 0. The molecule has 0 aromatic carbocycles. The monoisotopic (exact) mass is 229 g/mol. The summed E-state index contributed by atoms with van der Waals surface area (Å²) in [7, 11) is 1.65. The van der Waals surface area contributed by atoms with Gasteiger partial charge in [0.05, 0.1) is 0 Å². The Balaban J connectivity index is 2.40. The summed E-state index contributed by atoms with van der Waals surface area (Å²) in [6.07, 6.45) is 2.82. The summed E-state index contributed by atoms with van der Waals surface area (Å²) in [5.74, 6) is 0.500. The number of likely N-dealkylation sites (tertiary alicyclic amines) is 1. The molecular formula is C12H23NO3. The fourth-order valence-corrected chi connectivity index (χ4v) is 2.14. The highest BCUT2D eigenvalue weighted by molar-refractivity contribution is 5.78. The molecule has 0 aromatic rings. The second-order valence-electron chi connectivity index (χ2n) is 4.66. The smallest absolute Gasteiger partial charge is 0.225 e. The molecule has 1 N–H and O–H groups in total. The minimum Gasteiger partial charge on any atom is -0.396 e. The summed E-state index contributed by atoms with van der Waals surface area (Å²) < 4.78 is 4.98. The highest BCUT2D eigenvalue weighted by Gasteiger charge is 2.25. The number of hydrogen-bond donors (Lipinski definition) is 1. The molecule has 0 spiro atoms. The van der Waals surface area contributed by atoms with Gasteiger partial charge in [0.25, 0.3) is 0 Å². The molecule has 1 rings (SSSR count). The molecule has 2 atom stereocenters. The SMILES string of the molecule is COCCC(C)C(=O)N1CCCC(CO)C1. The van der Waals surface area contributed by atoms with Gasteiger partial charge in [-0.1, -0.05) is 6.92 Å². The van der Waals surface area contributed by atoms with Gasteiger partial charge in [-0.15, -0.1) is 0 Å². The Labute approximate surface area is 97.6 Å². The molecule has 1 saturated heterocycles. The molecule has 16 heavy (non-hydrogen) atoms. The highest BCUT2D eigenvalue weighted by atomic mass is 16.5.